The summed E-state index contributed by atoms with van der Waals surface area (Å²) >= 11 is 7.27. The Labute approximate surface area is 173 Å². The van der Waals surface area contributed by atoms with Gasteiger partial charge in [-0.1, -0.05) is 29.8 Å². The first-order chi connectivity index (χ1) is 13.3. The van der Waals surface area contributed by atoms with E-state index in [2.05, 4.69) is 5.32 Å². The molecule has 0 radical (unpaired) electrons. The molecule has 0 saturated heterocycles. The molecular formula is C20H21ClN2O4S. The summed E-state index contributed by atoms with van der Waals surface area (Å²) < 4.78 is 5.12. The van der Waals surface area contributed by atoms with Crippen molar-refractivity contribution in [3.8, 4) is 0 Å². The van der Waals surface area contributed by atoms with Gasteiger partial charge in [0, 0.05) is 29.7 Å². The normalized spacial score (nSPS) is 10.3. The number of rotatable bonds is 7. The van der Waals surface area contributed by atoms with Crippen LogP contribution < -0.4 is 5.32 Å². The van der Waals surface area contributed by atoms with Gasteiger partial charge in [0.05, 0.1) is 11.3 Å². The monoisotopic (exact) mass is 420 g/mol. The molecule has 2 aromatic carbocycles. The fourth-order valence-electron chi connectivity index (χ4n) is 2.11. The Balaban J connectivity index is 1.94. The van der Waals surface area contributed by atoms with E-state index in [9.17, 15) is 14.4 Å². The van der Waals surface area contributed by atoms with Crippen molar-refractivity contribution >= 4 is 46.8 Å². The number of carbonyl (C=O) groups excluding carboxylic acids is 3. The molecule has 2 rings (SSSR count). The van der Waals surface area contributed by atoms with Gasteiger partial charge >= 0.3 is 5.97 Å². The lowest BCUT2D eigenvalue weighted by Gasteiger charge is -2.12. The number of nitrogens with zero attached hydrogens (tertiary/aromatic N) is 1. The molecule has 8 heteroatoms. The fourth-order valence-corrected chi connectivity index (χ4v) is 3.31. The van der Waals surface area contributed by atoms with E-state index in [1.165, 1.54) is 16.7 Å². The minimum absolute atomic E-state index is 0.0655. The molecule has 0 aliphatic heterocycles. The Morgan fingerprint density at radius 1 is 1.14 bits per heavy atom. The molecule has 0 heterocycles. The molecule has 28 heavy (non-hydrogen) atoms. The zero-order valence-corrected chi connectivity index (χ0v) is 17.4. The van der Waals surface area contributed by atoms with Crippen LogP contribution in [-0.4, -0.2) is 49.1 Å². The number of nitrogens with one attached hydrogen (secondary N) is 1. The number of thioether (sulfide) groups is 1. The van der Waals surface area contributed by atoms with Crippen LogP contribution in [0.15, 0.2) is 47.4 Å². The molecule has 148 valence electrons. The van der Waals surface area contributed by atoms with Gasteiger partial charge in [-0.25, -0.2) is 4.79 Å². The van der Waals surface area contributed by atoms with Crippen molar-refractivity contribution in [2.45, 2.75) is 11.8 Å². The highest BCUT2D eigenvalue weighted by Crippen LogP contribution is 2.24. The van der Waals surface area contributed by atoms with Gasteiger partial charge in [0.1, 0.15) is 0 Å². The minimum Gasteiger partial charge on any atom is -0.452 e. The minimum atomic E-state index is -0.627. The summed E-state index contributed by atoms with van der Waals surface area (Å²) in [6.45, 7) is 1.43. The molecule has 0 fully saturated rings. The topological polar surface area (TPSA) is 75.7 Å². The van der Waals surface area contributed by atoms with E-state index in [0.29, 0.717) is 21.2 Å². The van der Waals surface area contributed by atoms with Gasteiger partial charge in [-0.3, -0.25) is 9.59 Å². The van der Waals surface area contributed by atoms with E-state index in [4.69, 9.17) is 16.3 Å². The van der Waals surface area contributed by atoms with Gasteiger partial charge in [0.2, 0.25) is 5.91 Å². The molecule has 0 bridgehead atoms. The summed E-state index contributed by atoms with van der Waals surface area (Å²) in [5, 5.41) is 3.16. The van der Waals surface area contributed by atoms with Crippen LogP contribution in [0.5, 0.6) is 0 Å². The predicted octanol–water partition coefficient (Wildman–Crippen LogP) is 3.62. The average molecular weight is 421 g/mol. The molecule has 2 aromatic rings. The van der Waals surface area contributed by atoms with Gasteiger partial charge < -0.3 is 15.0 Å². The van der Waals surface area contributed by atoms with Crippen molar-refractivity contribution in [3.05, 3.63) is 58.6 Å². The first kappa shape index (κ1) is 21.8. The number of halogens is 1. The van der Waals surface area contributed by atoms with Gasteiger partial charge in [-0.05, 0) is 36.8 Å². The lowest BCUT2D eigenvalue weighted by Crippen LogP contribution is -2.23. The van der Waals surface area contributed by atoms with Crippen LogP contribution in [0.2, 0.25) is 5.02 Å². The average Bonchev–Trinajstić information content (AvgIpc) is 2.67. The van der Waals surface area contributed by atoms with E-state index in [1.807, 2.05) is 6.92 Å². The summed E-state index contributed by atoms with van der Waals surface area (Å²) in [6, 6.07) is 11.9. The molecule has 0 aliphatic rings. The van der Waals surface area contributed by atoms with Crippen molar-refractivity contribution in [1.82, 2.24) is 4.90 Å². The van der Waals surface area contributed by atoms with Crippen LogP contribution in [0.1, 0.15) is 15.9 Å². The fraction of sp³-hybridized carbons (Fsp3) is 0.250. The van der Waals surface area contributed by atoms with E-state index in [-0.39, 0.29) is 11.7 Å². The summed E-state index contributed by atoms with van der Waals surface area (Å²) in [6.07, 6.45) is 0. The lowest BCUT2D eigenvalue weighted by molar-refractivity contribution is -0.125. The number of anilines is 1. The quantitative estimate of drug-likeness (QED) is 0.546. The third-order valence-corrected chi connectivity index (χ3v) is 5.21. The lowest BCUT2D eigenvalue weighted by atomic mass is 10.2. The first-order valence-corrected chi connectivity index (χ1v) is 9.79. The smallest absolute Gasteiger partial charge is 0.339 e. The highest BCUT2D eigenvalue weighted by atomic mass is 35.5. The van der Waals surface area contributed by atoms with Crippen molar-refractivity contribution in [2.24, 2.45) is 0 Å². The molecule has 0 saturated carbocycles. The third-order valence-electron chi connectivity index (χ3n) is 3.75. The number of amides is 2. The summed E-state index contributed by atoms with van der Waals surface area (Å²) in [5.41, 5.74) is 1.73. The molecular weight excluding hydrogens is 400 g/mol. The Kier molecular flexibility index (Phi) is 7.90. The zero-order valence-electron chi connectivity index (χ0n) is 15.8. The maximum atomic E-state index is 12.4. The second-order valence-corrected chi connectivity index (χ2v) is 7.59. The maximum absolute atomic E-state index is 12.4. The molecule has 0 spiro atoms. The SMILES string of the molecule is Cc1ccc(NC(=O)COC(=O)c2ccccc2SCC(=O)N(C)C)cc1Cl. The summed E-state index contributed by atoms with van der Waals surface area (Å²) in [4.78, 5) is 38.3. The summed E-state index contributed by atoms with van der Waals surface area (Å²) in [5.74, 6) is -0.964. The third kappa shape index (κ3) is 6.28. The molecule has 0 unspecified atom stereocenters. The van der Waals surface area contributed by atoms with Crippen LogP contribution in [0.25, 0.3) is 0 Å². The van der Waals surface area contributed by atoms with Crippen molar-refractivity contribution in [1.29, 1.82) is 0 Å². The van der Waals surface area contributed by atoms with E-state index in [1.54, 1.807) is 56.6 Å². The van der Waals surface area contributed by atoms with Crippen molar-refractivity contribution < 1.29 is 19.1 Å². The Morgan fingerprint density at radius 2 is 1.86 bits per heavy atom. The molecule has 2 amide bonds. The second-order valence-electron chi connectivity index (χ2n) is 6.16. The highest BCUT2D eigenvalue weighted by molar-refractivity contribution is 8.00. The predicted molar refractivity (Wildman–Crippen MR) is 111 cm³/mol. The number of esters is 1. The van der Waals surface area contributed by atoms with Crippen LogP contribution in [0.3, 0.4) is 0 Å². The molecule has 0 atom stereocenters. The molecule has 0 aromatic heterocycles. The van der Waals surface area contributed by atoms with Gasteiger partial charge in [0.25, 0.3) is 5.91 Å². The number of hydrogen-bond acceptors (Lipinski definition) is 5. The Bertz CT molecular complexity index is 886. The van der Waals surface area contributed by atoms with E-state index in [0.717, 1.165) is 5.56 Å². The first-order valence-electron chi connectivity index (χ1n) is 8.43. The Morgan fingerprint density at radius 3 is 2.54 bits per heavy atom. The number of ether oxygens (including phenoxy) is 1. The van der Waals surface area contributed by atoms with E-state index >= 15 is 0 Å². The van der Waals surface area contributed by atoms with Crippen LogP contribution in [0.4, 0.5) is 5.69 Å². The number of hydrogen-bond donors (Lipinski definition) is 1. The van der Waals surface area contributed by atoms with Gasteiger partial charge in [-0.15, -0.1) is 11.8 Å². The highest BCUT2D eigenvalue weighted by Gasteiger charge is 2.16. The number of carbonyl (C=O) groups is 3. The largest absolute Gasteiger partial charge is 0.452 e. The van der Waals surface area contributed by atoms with Crippen molar-refractivity contribution in [2.75, 3.05) is 31.8 Å². The van der Waals surface area contributed by atoms with E-state index < -0.39 is 18.5 Å². The summed E-state index contributed by atoms with van der Waals surface area (Å²) in [7, 11) is 3.34. The second kappa shape index (κ2) is 10.1. The van der Waals surface area contributed by atoms with Crippen LogP contribution in [0, 0.1) is 6.92 Å². The molecule has 6 nitrogen and oxygen atoms in total. The number of aryl methyl sites for hydroxylation is 1. The molecule has 0 aliphatic carbocycles. The number of benzene rings is 2. The standard InChI is InChI=1S/C20H21ClN2O4S/c1-13-8-9-14(10-16(13)21)22-18(24)11-27-20(26)15-6-4-5-7-17(15)28-12-19(25)23(2)3/h4-10H,11-12H2,1-3H3,(H,22,24). The van der Waals surface area contributed by atoms with Gasteiger partial charge in [-0.2, -0.15) is 0 Å². The van der Waals surface area contributed by atoms with Gasteiger partial charge in [0.15, 0.2) is 6.61 Å². The zero-order chi connectivity index (χ0) is 20.7. The van der Waals surface area contributed by atoms with Crippen molar-refractivity contribution in [3.63, 3.8) is 0 Å². The van der Waals surface area contributed by atoms with Crippen LogP contribution in [-0.2, 0) is 14.3 Å². The Hall–Kier alpha value is -2.51. The van der Waals surface area contributed by atoms with Crippen LogP contribution >= 0.6 is 23.4 Å². The molecule has 1 N–H and O–H groups in total. The maximum Gasteiger partial charge on any atom is 0.339 e.